The second-order valence-corrected chi connectivity index (χ2v) is 6.33. The van der Waals surface area contributed by atoms with Gasteiger partial charge in [-0.1, -0.05) is 60.7 Å². The minimum atomic E-state index is -0.657. The summed E-state index contributed by atoms with van der Waals surface area (Å²) in [5.41, 5.74) is 5.37. The molecule has 0 aliphatic carbocycles. The van der Waals surface area contributed by atoms with Gasteiger partial charge in [0, 0.05) is 5.56 Å². The molecule has 1 aliphatic heterocycles. The van der Waals surface area contributed by atoms with Crippen LogP contribution in [-0.2, 0) is 9.59 Å². The van der Waals surface area contributed by atoms with Crippen molar-refractivity contribution in [3.63, 3.8) is 0 Å². The largest absolute Gasteiger partial charge is 0.507 e. The molecule has 128 valence electrons. The number of carbonyl (C=O) groups is 2. The average molecular weight is 337 g/mol. The smallest absolute Gasteiger partial charge is 0.295 e. The van der Waals surface area contributed by atoms with Crippen molar-refractivity contribution in [2.45, 2.75) is 19.0 Å². The number of rotatable bonds is 4. The molecule has 3 rings (SSSR count). The number of Topliss-reactive ketones (excluding diaryl/α,β-unsaturated/α-hetero) is 1. The minimum Gasteiger partial charge on any atom is -0.507 e. The molecule has 2 aromatic rings. The van der Waals surface area contributed by atoms with E-state index in [0.717, 1.165) is 5.56 Å². The molecule has 2 aromatic carbocycles. The number of aliphatic hydroxyl groups is 1. The van der Waals surface area contributed by atoms with E-state index >= 15 is 0 Å². The van der Waals surface area contributed by atoms with Crippen LogP contribution in [0.2, 0.25) is 0 Å². The number of quaternary nitrogens is 1. The molecule has 5 heteroatoms. The number of likely N-dealkylation sites (tertiary alicyclic amines) is 1. The van der Waals surface area contributed by atoms with Crippen LogP contribution in [0.5, 0.6) is 0 Å². The summed E-state index contributed by atoms with van der Waals surface area (Å²) in [7, 11) is 0. The highest BCUT2D eigenvalue weighted by atomic mass is 16.3. The zero-order valence-electron chi connectivity index (χ0n) is 14.1. The van der Waals surface area contributed by atoms with Crippen molar-refractivity contribution in [2.24, 2.45) is 0 Å². The van der Waals surface area contributed by atoms with Gasteiger partial charge in [0.2, 0.25) is 0 Å². The van der Waals surface area contributed by atoms with E-state index in [9.17, 15) is 14.7 Å². The van der Waals surface area contributed by atoms with E-state index in [0.29, 0.717) is 12.1 Å². The standard InChI is InChI=1S/C20H20N2O3/c1-13(21)12-22-17(14-8-4-2-5-9-14)16(19(24)20(22)25)18(23)15-10-6-3-7-11-15/h2-11,13,17,23H,12,21H2,1H3/p+1/t13-,17+/m0/s1. The maximum absolute atomic E-state index is 12.7. The number of aliphatic hydroxyl groups excluding tert-OH is 1. The predicted molar refractivity (Wildman–Crippen MR) is 94.2 cm³/mol. The fourth-order valence-electron chi connectivity index (χ4n) is 3.14. The molecule has 4 N–H and O–H groups in total. The number of hydrogen-bond donors (Lipinski definition) is 2. The molecule has 0 spiro atoms. The lowest BCUT2D eigenvalue weighted by molar-refractivity contribution is -0.414. The topological polar surface area (TPSA) is 85.3 Å². The van der Waals surface area contributed by atoms with E-state index in [-0.39, 0.29) is 17.4 Å². The Labute approximate surface area is 146 Å². The molecule has 1 amide bonds. The summed E-state index contributed by atoms with van der Waals surface area (Å²) in [6.45, 7) is 2.23. The second kappa shape index (κ2) is 6.91. The van der Waals surface area contributed by atoms with Gasteiger partial charge in [0.1, 0.15) is 5.76 Å². The van der Waals surface area contributed by atoms with E-state index in [1.165, 1.54) is 4.90 Å². The first-order chi connectivity index (χ1) is 12.0. The summed E-state index contributed by atoms with van der Waals surface area (Å²) < 4.78 is 0. The number of ketones is 1. The summed E-state index contributed by atoms with van der Waals surface area (Å²) in [5, 5.41) is 10.8. The van der Waals surface area contributed by atoms with Crippen molar-refractivity contribution in [3.05, 3.63) is 77.4 Å². The van der Waals surface area contributed by atoms with Crippen LogP contribution >= 0.6 is 0 Å². The molecule has 0 unspecified atom stereocenters. The predicted octanol–water partition coefficient (Wildman–Crippen LogP) is 1.74. The quantitative estimate of drug-likeness (QED) is 0.506. The summed E-state index contributed by atoms with van der Waals surface area (Å²) in [4.78, 5) is 26.7. The van der Waals surface area contributed by atoms with E-state index in [1.54, 1.807) is 24.3 Å². The second-order valence-electron chi connectivity index (χ2n) is 6.33. The molecule has 1 saturated heterocycles. The first-order valence-corrected chi connectivity index (χ1v) is 8.22. The number of benzene rings is 2. The molecule has 2 atom stereocenters. The fourth-order valence-corrected chi connectivity index (χ4v) is 3.14. The van der Waals surface area contributed by atoms with Gasteiger partial charge in [-0.3, -0.25) is 9.59 Å². The number of amides is 1. The molecular formula is C20H21N2O3+. The van der Waals surface area contributed by atoms with Gasteiger partial charge in [0.25, 0.3) is 11.7 Å². The highest BCUT2D eigenvalue weighted by Crippen LogP contribution is 2.39. The SMILES string of the molecule is C[C@H]([NH3+])CN1C(=O)C(=O)C(=C(O)c2ccccc2)[C@H]1c1ccccc1. The zero-order valence-corrected chi connectivity index (χ0v) is 14.1. The number of carbonyl (C=O) groups excluding carboxylic acids is 2. The van der Waals surface area contributed by atoms with Crippen LogP contribution in [0.4, 0.5) is 0 Å². The van der Waals surface area contributed by atoms with Crippen molar-refractivity contribution in [3.8, 4) is 0 Å². The molecule has 5 nitrogen and oxygen atoms in total. The van der Waals surface area contributed by atoms with Gasteiger partial charge in [0.05, 0.1) is 24.2 Å². The molecular weight excluding hydrogens is 316 g/mol. The maximum Gasteiger partial charge on any atom is 0.295 e. The number of hydrogen-bond acceptors (Lipinski definition) is 3. The Morgan fingerprint density at radius 2 is 1.64 bits per heavy atom. The minimum absolute atomic E-state index is 0.0406. The van der Waals surface area contributed by atoms with Gasteiger partial charge in [0.15, 0.2) is 0 Å². The average Bonchev–Trinajstić information content (AvgIpc) is 2.87. The Hall–Kier alpha value is -2.92. The maximum atomic E-state index is 12.7. The molecule has 0 saturated carbocycles. The van der Waals surface area contributed by atoms with Crippen molar-refractivity contribution in [1.29, 1.82) is 0 Å². The van der Waals surface area contributed by atoms with Gasteiger partial charge in [-0.2, -0.15) is 0 Å². The first kappa shape index (κ1) is 16.9. The van der Waals surface area contributed by atoms with Crippen LogP contribution in [0.15, 0.2) is 66.2 Å². The third-order valence-corrected chi connectivity index (χ3v) is 4.21. The van der Waals surface area contributed by atoms with Crippen LogP contribution in [0.3, 0.4) is 0 Å². The van der Waals surface area contributed by atoms with Crippen LogP contribution in [-0.4, -0.2) is 34.3 Å². The van der Waals surface area contributed by atoms with E-state index in [2.05, 4.69) is 5.73 Å². The Bertz CT molecular complexity index is 813. The van der Waals surface area contributed by atoms with Crippen LogP contribution in [0.1, 0.15) is 24.1 Å². The van der Waals surface area contributed by atoms with Gasteiger partial charge in [-0.25, -0.2) is 0 Å². The summed E-state index contributed by atoms with van der Waals surface area (Å²) in [6, 6.07) is 17.5. The van der Waals surface area contributed by atoms with Crippen LogP contribution < -0.4 is 5.73 Å². The van der Waals surface area contributed by atoms with Crippen molar-refractivity contribution >= 4 is 17.4 Å². The summed E-state index contributed by atoms with van der Waals surface area (Å²) >= 11 is 0. The molecule has 0 radical (unpaired) electrons. The zero-order chi connectivity index (χ0) is 18.0. The van der Waals surface area contributed by atoms with Crippen LogP contribution in [0, 0.1) is 0 Å². The molecule has 25 heavy (non-hydrogen) atoms. The Kier molecular flexibility index (Phi) is 4.67. The highest BCUT2D eigenvalue weighted by Gasteiger charge is 2.46. The normalized spacial score (nSPS) is 20.7. The van der Waals surface area contributed by atoms with Gasteiger partial charge >= 0.3 is 0 Å². The molecule has 1 heterocycles. The lowest BCUT2D eigenvalue weighted by Gasteiger charge is -2.25. The molecule has 0 aromatic heterocycles. The van der Waals surface area contributed by atoms with Crippen molar-refractivity contribution in [1.82, 2.24) is 4.90 Å². The Morgan fingerprint density at radius 1 is 1.08 bits per heavy atom. The summed E-state index contributed by atoms with van der Waals surface area (Å²) in [5.74, 6) is -1.40. The Balaban J connectivity index is 2.18. The van der Waals surface area contributed by atoms with E-state index in [4.69, 9.17) is 0 Å². The van der Waals surface area contributed by atoms with Crippen LogP contribution in [0.25, 0.3) is 5.76 Å². The first-order valence-electron chi connectivity index (χ1n) is 8.22. The van der Waals surface area contributed by atoms with E-state index in [1.807, 2.05) is 43.3 Å². The Morgan fingerprint density at radius 3 is 2.20 bits per heavy atom. The summed E-state index contributed by atoms with van der Waals surface area (Å²) in [6.07, 6.45) is 0. The van der Waals surface area contributed by atoms with Crippen molar-refractivity contribution < 1.29 is 20.4 Å². The lowest BCUT2D eigenvalue weighted by Crippen LogP contribution is -2.63. The third-order valence-electron chi connectivity index (χ3n) is 4.21. The monoisotopic (exact) mass is 337 g/mol. The van der Waals surface area contributed by atoms with E-state index < -0.39 is 17.7 Å². The lowest BCUT2D eigenvalue weighted by atomic mass is 9.95. The van der Waals surface area contributed by atoms with Gasteiger partial charge < -0.3 is 15.7 Å². The van der Waals surface area contributed by atoms with Gasteiger partial charge in [-0.15, -0.1) is 0 Å². The fraction of sp³-hybridized carbons (Fsp3) is 0.200. The molecule has 1 aliphatic rings. The van der Waals surface area contributed by atoms with Crippen molar-refractivity contribution in [2.75, 3.05) is 6.54 Å². The van der Waals surface area contributed by atoms with Gasteiger partial charge in [-0.05, 0) is 12.5 Å². The molecule has 1 fully saturated rings. The third kappa shape index (κ3) is 3.19. The highest BCUT2D eigenvalue weighted by molar-refractivity contribution is 6.46. The number of nitrogens with zero attached hydrogens (tertiary/aromatic N) is 1. The molecule has 0 bridgehead atoms.